The SMILES string of the molecule is CC1CNCCC1NC(=O)C1CC12CCCc1ccccc12. The predicted molar refractivity (Wildman–Crippen MR) is 87.7 cm³/mol. The summed E-state index contributed by atoms with van der Waals surface area (Å²) >= 11 is 0. The first-order valence-corrected chi connectivity index (χ1v) is 8.80. The van der Waals surface area contributed by atoms with Crippen molar-refractivity contribution in [1.29, 1.82) is 0 Å². The normalized spacial score (nSPS) is 36.7. The van der Waals surface area contributed by atoms with Gasteiger partial charge in [-0.25, -0.2) is 0 Å². The third kappa shape index (κ3) is 2.26. The maximum Gasteiger partial charge on any atom is 0.224 e. The molecule has 1 aromatic rings. The Hall–Kier alpha value is -1.35. The highest BCUT2D eigenvalue weighted by Gasteiger charge is 2.60. The van der Waals surface area contributed by atoms with Gasteiger partial charge in [-0.2, -0.15) is 0 Å². The minimum Gasteiger partial charge on any atom is -0.353 e. The molecule has 4 unspecified atom stereocenters. The fraction of sp³-hybridized carbons (Fsp3) is 0.632. The minimum atomic E-state index is 0.162. The monoisotopic (exact) mass is 298 g/mol. The van der Waals surface area contributed by atoms with E-state index in [1.54, 1.807) is 0 Å². The number of carbonyl (C=O) groups is 1. The maximum atomic E-state index is 12.8. The topological polar surface area (TPSA) is 41.1 Å². The zero-order valence-corrected chi connectivity index (χ0v) is 13.4. The maximum absolute atomic E-state index is 12.8. The van der Waals surface area contributed by atoms with Gasteiger partial charge in [0.2, 0.25) is 5.91 Å². The molecule has 1 aliphatic heterocycles. The fourth-order valence-electron chi connectivity index (χ4n) is 4.69. The molecule has 0 radical (unpaired) electrons. The second kappa shape index (κ2) is 5.38. The number of rotatable bonds is 2. The average Bonchev–Trinajstić information content (AvgIpc) is 3.25. The van der Waals surface area contributed by atoms with Crippen LogP contribution in [-0.4, -0.2) is 25.0 Å². The van der Waals surface area contributed by atoms with Gasteiger partial charge in [0.05, 0.1) is 0 Å². The fourth-order valence-corrected chi connectivity index (χ4v) is 4.69. The first kappa shape index (κ1) is 14.3. The number of amides is 1. The summed E-state index contributed by atoms with van der Waals surface area (Å²) in [5, 5.41) is 6.76. The van der Waals surface area contributed by atoms with E-state index in [1.807, 2.05) is 0 Å². The van der Waals surface area contributed by atoms with Gasteiger partial charge in [-0.3, -0.25) is 4.79 Å². The first-order valence-electron chi connectivity index (χ1n) is 8.80. The molecule has 3 heteroatoms. The molecule has 3 nitrogen and oxygen atoms in total. The van der Waals surface area contributed by atoms with Crippen molar-refractivity contribution in [3.05, 3.63) is 35.4 Å². The second-order valence-electron chi connectivity index (χ2n) is 7.51. The summed E-state index contributed by atoms with van der Waals surface area (Å²) in [6, 6.07) is 9.12. The lowest BCUT2D eigenvalue weighted by Crippen LogP contribution is -2.49. The molecule has 1 amide bonds. The quantitative estimate of drug-likeness (QED) is 0.880. The number of aryl methyl sites for hydroxylation is 1. The summed E-state index contributed by atoms with van der Waals surface area (Å²) in [4.78, 5) is 12.8. The zero-order valence-electron chi connectivity index (χ0n) is 13.4. The lowest BCUT2D eigenvalue weighted by molar-refractivity contribution is -0.124. The van der Waals surface area contributed by atoms with Crippen LogP contribution in [0.3, 0.4) is 0 Å². The van der Waals surface area contributed by atoms with Crippen LogP contribution in [0.25, 0.3) is 0 Å². The molecule has 1 saturated carbocycles. The van der Waals surface area contributed by atoms with Crippen molar-refractivity contribution in [3.63, 3.8) is 0 Å². The van der Waals surface area contributed by atoms with Crippen molar-refractivity contribution in [1.82, 2.24) is 10.6 Å². The van der Waals surface area contributed by atoms with Crippen LogP contribution in [0.2, 0.25) is 0 Å². The summed E-state index contributed by atoms with van der Waals surface area (Å²) in [5.41, 5.74) is 3.09. The summed E-state index contributed by atoms with van der Waals surface area (Å²) < 4.78 is 0. The van der Waals surface area contributed by atoms with Gasteiger partial charge in [-0.1, -0.05) is 31.2 Å². The Morgan fingerprint density at radius 3 is 3.09 bits per heavy atom. The van der Waals surface area contributed by atoms with Crippen LogP contribution in [0.15, 0.2) is 24.3 Å². The van der Waals surface area contributed by atoms with E-state index in [4.69, 9.17) is 0 Å². The molecule has 3 aliphatic rings. The van der Waals surface area contributed by atoms with E-state index in [0.717, 1.165) is 25.9 Å². The van der Waals surface area contributed by atoms with Crippen LogP contribution < -0.4 is 10.6 Å². The Labute approximate surface area is 132 Å². The molecule has 2 aliphatic carbocycles. The molecule has 1 heterocycles. The minimum absolute atomic E-state index is 0.162. The van der Waals surface area contributed by atoms with Gasteiger partial charge in [0.1, 0.15) is 0 Å². The van der Waals surface area contributed by atoms with E-state index in [9.17, 15) is 4.79 Å². The van der Waals surface area contributed by atoms with E-state index in [1.165, 1.54) is 30.4 Å². The Morgan fingerprint density at radius 2 is 2.23 bits per heavy atom. The number of hydrogen-bond donors (Lipinski definition) is 2. The van der Waals surface area contributed by atoms with E-state index in [2.05, 4.69) is 41.8 Å². The smallest absolute Gasteiger partial charge is 0.224 e. The summed E-state index contributed by atoms with van der Waals surface area (Å²) in [7, 11) is 0. The Balaban J connectivity index is 1.49. The van der Waals surface area contributed by atoms with Crippen LogP contribution in [0.4, 0.5) is 0 Å². The second-order valence-corrected chi connectivity index (χ2v) is 7.51. The average molecular weight is 298 g/mol. The third-order valence-electron chi connectivity index (χ3n) is 6.13. The van der Waals surface area contributed by atoms with Crippen molar-refractivity contribution in [2.75, 3.05) is 13.1 Å². The summed E-state index contributed by atoms with van der Waals surface area (Å²) in [6.07, 6.45) is 5.70. The molecule has 4 rings (SSSR count). The van der Waals surface area contributed by atoms with Gasteiger partial charge < -0.3 is 10.6 Å². The Bertz CT molecular complexity index is 585. The van der Waals surface area contributed by atoms with Crippen molar-refractivity contribution in [2.45, 2.75) is 50.5 Å². The number of carbonyl (C=O) groups excluding carboxylic acids is 1. The van der Waals surface area contributed by atoms with Gasteiger partial charge in [0.15, 0.2) is 0 Å². The number of fused-ring (bicyclic) bond motifs is 2. The molecule has 2 fully saturated rings. The molecule has 1 aromatic carbocycles. The van der Waals surface area contributed by atoms with Crippen LogP contribution in [-0.2, 0) is 16.6 Å². The molecule has 118 valence electrons. The van der Waals surface area contributed by atoms with Crippen molar-refractivity contribution >= 4 is 5.91 Å². The molecule has 1 spiro atoms. The molecular weight excluding hydrogens is 272 g/mol. The first-order chi connectivity index (χ1) is 10.7. The van der Waals surface area contributed by atoms with Gasteiger partial charge in [-0.05, 0) is 62.2 Å². The van der Waals surface area contributed by atoms with Gasteiger partial charge in [-0.15, -0.1) is 0 Å². The van der Waals surface area contributed by atoms with Gasteiger partial charge >= 0.3 is 0 Å². The van der Waals surface area contributed by atoms with Crippen LogP contribution in [0, 0.1) is 11.8 Å². The zero-order chi connectivity index (χ0) is 15.2. The number of hydrogen-bond acceptors (Lipinski definition) is 2. The highest BCUT2D eigenvalue weighted by molar-refractivity contribution is 5.85. The Kier molecular flexibility index (Phi) is 3.48. The van der Waals surface area contributed by atoms with Crippen LogP contribution in [0.1, 0.15) is 43.7 Å². The van der Waals surface area contributed by atoms with E-state index < -0.39 is 0 Å². The van der Waals surface area contributed by atoms with E-state index in [-0.39, 0.29) is 11.3 Å². The molecule has 0 aromatic heterocycles. The highest BCUT2D eigenvalue weighted by Crippen LogP contribution is 2.60. The molecule has 22 heavy (non-hydrogen) atoms. The van der Waals surface area contributed by atoms with Crippen LogP contribution in [0.5, 0.6) is 0 Å². The third-order valence-corrected chi connectivity index (χ3v) is 6.13. The van der Waals surface area contributed by atoms with Crippen LogP contribution >= 0.6 is 0 Å². The number of benzene rings is 1. The summed E-state index contributed by atoms with van der Waals surface area (Å²) in [6.45, 7) is 4.27. The molecule has 2 N–H and O–H groups in total. The summed E-state index contributed by atoms with van der Waals surface area (Å²) in [5.74, 6) is 1.04. The highest BCUT2D eigenvalue weighted by atomic mass is 16.2. The number of nitrogens with one attached hydrogen (secondary N) is 2. The number of piperidine rings is 1. The molecule has 4 atom stereocenters. The molecular formula is C19H26N2O. The van der Waals surface area contributed by atoms with E-state index in [0.29, 0.717) is 17.9 Å². The van der Waals surface area contributed by atoms with Crippen molar-refractivity contribution in [2.24, 2.45) is 11.8 Å². The standard InChI is InChI=1S/C19H26N2O/c1-13-12-20-10-8-17(13)21-18(22)16-11-19(16)9-4-6-14-5-2-3-7-15(14)19/h2-3,5,7,13,16-17,20H,4,6,8-12H2,1H3,(H,21,22). The lowest BCUT2D eigenvalue weighted by atomic mass is 9.78. The van der Waals surface area contributed by atoms with Gasteiger partial charge in [0.25, 0.3) is 0 Å². The van der Waals surface area contributed by atoms with E-state index >= 15 is 0 Å². The van der Waals surface area contributed by atoms with Crippen molar-refractivity contribution in [3.8, 4) is 0 Å². The molecule has 0 bridgehead atoms. The Morgan fingerprint density at radius 1 is 1.36 bits per heavy atom. The largest absolute Gasteiger partial charge is 0.353 e. The molecule has 1 saturated heterocycles. The van der Waals surface area contributed by atoms with Crippen molar-refractivity contribution < 1.29 is 4.79 Å². The van der Waals surface area contributed by atoms with Gasteiger partial charge in [0, 0.05) is 17.4 Å². The predicted octanol–water partition coefficient (Wildman–Crippen LogP) is 2.39. The lowest BCUT2D eigenvalue weighted by Gasteiger charge is -2.31.